The van der Waals surface area contributed by atoms with Gasteiger partial charge in [0.05, 0.1) is 17.9 Å². The van der Waals surface area contributed by atoms with Gasteiger partial charge in [0.25, 0.3) is 6.43 Å². The number of hydrogen-bond acceptors (Lipinski definition) is 3. The van der Waals surface area contributed by atoms with Gasteiger partial charge in [0, 0.05) is 0 Å². The molecule has 0 saturated carbocycles. The summed E-state index contributed by atoms with van der Waals surface area (Å²) >= 11 is 1.87. The Morgan fingerprint density at radius 3 is 2.67 bits per heavy atom. The van der Waals surface area contributed by atoms with Gasteiger partial charge in [-0.25, -0.2) is 17.9 Å². The second-order valence-electron chi connectivity index (χ2n) is 3.40. The summed E-state index contributed by atoms with van der Waals surface area (Å²) < 4.78 is 40.0. The molecule has 1 heterocycles. The summed E-state index contributed by atoms with van der Waals surface area (Å²) in [6, 6.07) is 3.28. The van der Waals surface area contributed by atoms with Gasteiger partial charge >= 0.3 is 0 Å². The molecule has 0 aliphatic carbocycles. The topological polar surface area (TPSA) is 50.9 Å². The van der Waals surface area contributed by atoms with Gasteiger partial charge in [0.15, 0.2) is 0 Å². The summed E-state index contributed by atoms with van der Waals surface area (Å²) in [6.45, 7) is -0.304. The van der Waals surface area contributed by atoms with Crippen LogP contribution in [0, 0.1) is 9.52 Å². The first-order valence-corrected chi connectivity index (χ1v) is 5.91. The predicted octanol–water partition coefficient (Wildman–Crippen LogP) is 2.44. The Morgan fingerprint density at radius 1 is 1.39 bits per heavy atom. The number of rotatable bonds is 3. The van der Waals surface area contributed by atoms with Gasteiger partial charge in [0.2, 0.25) is 0 Å². The Labute approximate surface area is 114 Å². The zero-order chi connectivity index (χ0) is 13.3. The molecule has 1 aromatic carbocycles. The molecule has 0 radical (unpaired) electrons. The molecular formula is C10H7F3IN3O. The normalized spacial score (nSPS) is 11.2. The number of aliphatic hydroxyl groups is 1. The van der Waals surface area contributed by atoms with Gasteiger partial charge in [-0.05, 0) is 40.8 Å². The standard InChI is InChI=1S/C10H7F3IN3O/c11-7-2-1-5(3-6(7)9(12)13)17-10(14)8(4-18)15-16-17/h1-3,9,18H,4H2. The van der Waals surface area contributed by atoms with Gasteiger partial charge in [-0.1, -0.05) is 5.21 Å². The highest BCUT2D eigenvalue weighted by atomic mass is 127. The maximum atomic E-state index is 13.1. The molecule has 2 aromatic rings. The molecule has 0 fully saturated rings. The molecule has 0 atom stereocenters. The van der Waals surface area contributed by atoms with Crippen LogP contribution in [0.15, 0.2) is 18.2 Å². The smallest absolute Gasteiger partial charge is 0.266 e. The average molecular weight is 369 g/mol. The van der Waals surface area contributed by atoms with Crippen molar-refractivity contribution in [2.45, 2.75) is 13.0 Å². The van der Waals surface area contributed by atoms with Crippen LogP contribution < -0.4 is 0 Å². The molecule has 0 bridgehead atoms. The lowest BCUT2D eigenvalue weighted by atomic mass is 10.2. The van der Waals surface area contributed by atoms with Crippen LogP contribution in [-0.4, -0.2) is 20.1 Å². The quantitative estimate of drug-likeness (QED) is 0.846. The fourth-order valence-electron chi connectivity index (χ4n) is 1.39. The summed E-state index contributed by atoms with van der Waals surface area (Å²) in [4.78, 5) is 0. The third kappa shape index (κ3) is 2.34. The molecule has 0 aliphatic heterocycles. The van der Waals surface area contributed by atoms with Crippen LogP contribution in [0.1, 0.15) is 17.7 Å². The summed E-state index contributed by atoms with van der Waals surface area (Å²) in [6.07, 6.45) is -2.90. The van der Waals surface area contributed by atoms with E-state index < -0.39 is 17.8 Å². The Morgan fingerprint density at radius 2 is 2.11 bits per heavy atom. The maximum absolute atomic E-state index is 13.1. The van der Waals surface area contributed by atoms with E-state index in [0.29, 0.717) is 9.39 Å². The van der Waals surface area contributed by atoms with Gasteiger partial charge in [-0.15, -0.1) is 5.10 Å². The largest absolute Gasteiger partial charge is 0.390 e. The highest BCUT2D eigenvalue weighted by molar-refractivity contribution is 14.1. The first-order valence-electron chi connectivity index (χ1n) is 4.83. The average Bonchev–Trinajstić information content (AvgIpc) is 2.71. The minimum Gasteiger partial charge on any atom is -0.390 e. The van der Waals surface area contributed by atoms with E-state index >= 15 is 0 Å². The van der Waals surface area contributed by atoms with Crippen molar-refractivity contribution in [3.63, 3.8) is 0 Å². The second-order valence-corrected chi connectivity index (χ2v) is 4.43. The highest BCUT2D eigenvalue weighted by Gasteiger charge is 2.17. The molecule has 2 rings (SSSR count). The van der Waals surface area contributed by atoms with E-state index in [1.54, 1.807) is 0 Å². The molecule has 0 amide bonds. The number of nitrogens with zero attached hydrogens (tertiary/aromatic N) is 3. The van der Waals surface area contributed by atoms with Crippen LogP contribution in [0.2, 0.25) is 0 Å². The molecule has 1 N–H and O–H groups in total. The number of halogens is 4. The summed E-state index contributed by atoms with van der Waals surface area (Å²) in [7, 11) is 0. The van der Waals surface area contributed by atoms with Crippen molar-refractivity contribution in [3.05, 3.63) is 39.0 Å². The van der Waals surface area contributed by atoms with Crippen molar-refractivity contribution in [3.8, 4) is 5.69 Å². The van der Waals surface area contributed by atoms with Gasteiger partial charge in [-0.2, -0.15) is 0 Å². The van der Waals surface area contributed by atoms with E-state index in [2.05, 4.69) is 10.3 Å². The Hall–Kier alpha value is -1.16. The minimum absolute atomic E-state index is 0.267. The van der Waals surface area contributed by atoms with Crippen molar-refractivity contribution >= 4 is 22.6 Å². The predicted molar refractivity (Wildman–Crippen MR) is 64.9 cm³/mol. The zero-order valence-corrected chi connectivity index (χ0v) is 11.0. The van der Waals surface area contributed by atoms with E-state index in [4.69, 9.17) is 5.11 Å². The van der Waals surface area contributed by atoms with Gasteiger partial charge in [0.1, 0.15) is 15.2 Å². The molecule has 18 heavy (non-hydrogen) atoms. The number of hydrogen-bond donors (Lipinski definition) is 1. The van der Waals surface area contributed by atoms with E-state index in [0.717, 1.165) is 12.1 Å². The van der Waals surface area contributed by atoms with E-state index in [9.17, 15) is 13.2 Å². The summed E-state index contributed by atoms with van der Waals surface area (Å²) in [5.74, 6) is -0.966. The summed E-state index contributed by atoms with van der Waals surface area (Å²) in [5.41, 5.74) is -0.0915. The molecular weight excluding hydrogens is 362 g/mol. The number of aliphatic hydroxyl groups excluding tert-OH is 1. The van der Waals surface area contributed by atoms with Crippen molar-refractivity contribution in [1.82, 2.24) is 15.0 Å². The van der Waals surface area contributed by atoms with Crippen LogP contribution in [-0.2, 0) is 6.61 Å². The van der Waals surface area contributed by atoms with E-state index in [1.165, 1.54) is 10.7 Å². The third-order valence-corrected chi connectivity index (χ3v) is 3.37. The lowest BCUT2D eigenvalue weighted by Gasteiger charge is -2.06. The molecule has 0 spiro atoms. The Balaban J connectivity index is 2.51. The first kappa shape index (κ1) is 13.3. The summed E-state index contributed by atoms with van der Waals surface area (Å²) in [5, 5.41) is 16.4. The van der Waals surface area contributed by atoms with E-state index in [1.807, 2.05) is 22.6 Å². The Kier molecular flexibility index (Phi) is 3.85. The van der Waals surface area contributed by atoms with Crippen molar-refractivity contribution < 1.29 is 18.3 Å². The third-order valence-electron chi connectivity index (χ3n) is 2.29. The lowest BCUT2D eigenvalue weighted by Crippen LogP contribution is -2.02. The molecule has 0 unspecified atom stereocenters. The fraction of sp³-hybridized carbons (Fsp3) is 0.200. The zero-order valence-electron chi connectivity index (χ0n) is 8.82. The van der Waals surface area contributed by atoms with Gasteiger partial charge in [-0.3, -0.25) is 0 Å². The number of aromatic nitrogens is 3. The molecule has 8 heteroatoms. The SMILES string of the molecule is OCc1nnn(-c2ccc(F)c(C(F)F)c2)c1I. The molecule has 0 aliphatic rings. The molecule has 1 aromatic heterocycles. The van der Waals surface area contributed by atoms with Crippen molar-refractivity contribution in [2.75, 3.05) is 0 Å². The van der Waals surface area contributed by atoms with Crippen LogP contribution in [0.4, 0.5) is 13.2 Å². The van der Waals surface area contributed by atoms with Crippen LogP contribution in [0.5, 0.6) is 0 Å². The molecule has 0 saturated heterocycles. The van der Waals surface area contributed by atoms with E-state index in [-0.39, 0.29) is 12.3 Å². The first-order chi connectivity index (χ1) is 8.54. The molecule has 4 nitrogen and oxygen atoms in total. The number of benzene rings is 1. The maximum Gasteiger partial charge on any atom is 0.266 e. The second kappa shape index (κ2) is 5.22. The monoisotopic (exact) mass is 369 g/mol. The fourth-order valence-corrected chi connectivity index (χ4v) is 2.05. The van der Waals surface area contributed by atoms with Crippen molar-refractivity contribution in [1.29, 1.82) is 0 Å². The van der Waals surface area contributed by atoms with Gasteiger partial charge < -0.3 is 5.11 Å². The van der Waals surface area contributed by atoms with Crippen molar-refractivity contribution in [2.24, 2.45) is 0 Å². The van der Waals surface area contributed by atoms with Crippen LogP contribution in [0.3, 0.4) is 0 Å². The Bertz CT molecular complexity index is 573. The highest BCUT2D eigenvalue weighted by Crippen LogP contribution is 2.25. The van der Waals surface area contributed by atoms with Crippen LogP contribution >= 0.6 is 22.6 Å². The number of alkyl halides is 2. The molecule has 96 valence electrons. The minimum atomic E-state index is -2.90. The van der Waals surface area contributed by atoms with Crippen LogP contribution in [0.25, 0.3) is 5.69 Å². The lowest BCUT2D eigenvalue weighted by molar-refractivity contribution is 0.146.